The van der Waals surface area contributed by atoms with Crippen LogP contribution in [0, 0.1) is 0 Å². The number of unbranched alkanes of at least 4 members (excludes halogenated alkanes) is 11. The van der Waals surface area contributed by atoms with Crippen LogP contribution in [0.15, 0.2) is 30.3 Å². The first kappa shape index (κ1) is 25.6. The van der Waals surface area contributed by atoms with Crippen LogP contribution in [0.3, 0.4) is 0 Å². The van der Waals surface area contributed by atoms with Gasteiger partial charge in [0, 0.05) is 13.7 Å². The molecule has 0 N–H and O–H groups in total. The lowest BCUT2D eigenvalue weighted by molar-refractivity contribution is -0.112. The van der Waals surface area contributed by atoms with Crippen LogP contribution in [0.5, 0.6) is 0 Å². The topological polar surface area (TPSA) is 26.3 Å². The summed E-state index contributed by atoms with van der Waals surface area (Å²) in [5.74, 6) is 0.709. The lowest BCUT2D eigenvalue weighted by atomic mass is 9.94. The summed E-state index contributed by atoms with van der Waals surface area (Å²) in [4.78, 5) is 11.0. The quantitative estimate of drug-likeness (QED) is 0.184. The van der Waals surface area contributed by atoms with E-state index in [4.69, 9.17) is 4.74 Å². The number of hydrogen-bond acceptors (Lipinski definition) is 2. The Hall–Kier alpha value is -1.41. The molecule has 0 saturated heterocycles. The Labute approximate surface area is 180 Å². The normalized spacial score (nSPS) is 12.5. The van der Waals surface area contributed by atoms with Gasteiger partial charge in [-0.2, -0.15) is 0 Å². The first-order valence-corrected chi connectivity index (χ1v) is 11.9. The molecule has 0 saturated carbocycles. The molecule has 0 bridgehead atoms. The van der Waals surface area contributed by atoms with Gasteiger partial charge < -0.3 is 4.74 Å². The molecule has 1 atom stereocenters. The van der Waals surface area contributed by atoms with E-state index in [1.807, 2.05) is 6.08 Å². The van der Waals surface area contributed by atoms with Crippen LogP contribution in [0.4, 0.5) is 0 Å². The number of ketones is 1. The zero-order chi connectivity index (χ0) is 21.2. The second kappa shape index (κ2) is 17.4. The van der Waals surface area contributed by atoms with Crippen LogP contribution >= 0.6 is 0 Å². The molecular formula is C27H44O2. The van der Waals surface area contributed by atoms with E-state index in [1.165, 1.54) is 89.0 Å². The minimum atomic E-state index is 0.0937. The Balaban J connectivity index is 1.97. The van der Waals surface area contributed by atoms with Crippen LogP contribution in [-0.2, 0) is 9.53 Å². The van der Waals surface area contributed by atoms with Gasteiger partial charge in [-0.1, -0.05) is 108 Å². The number of ether oxygens (including phenoxy) is 1. The molecule has 0 radical (unpaired) electrons. The lowest BCUT2D eigenvalue weighted by Gasteiger charge is -2.12. The summed E-state index contributed by atoms with van der Waals surface area (Å²) in [5, 5.41) is 0. The monoisotopic (exact) mass is 400 g/mol. The van der Waals surface area contributed by atoms with Crippen molar-refractivity contribution < 1.29 is 9.53 Å². The number of allylic oxidation sites excluding steroid dienone is 1. The Morgan fingerprint density at radius 1 is 0.828 bits per heavy atom. The fraction of sp³-hybridized carbons (Fsp3) is 0.667. The Bertz CT molecular complexity index is 544. The second-order valence-corrected chi connectivity index (χ2v) is 8.54. The van der Waals surface area contributed by atoms with E-state index in [0.29, 0.717) is 5.92 Å². The van der Waals surface area contributed by atoms with Gasteiger partial charge in [-0.25, -0.2) is 0 Å². The van der Waals surface area contributed by atoms with Crippen molar-refractivity contribution >= 4 is 11.9 Å². The molecule has 0 heterocycles. The molecule has 1 rings (SSSR count). The molecule has 1 unspecified atom stereocenters. The molecule has 1 aromatic rings. The number of rotatable bonds is 18. The van der Waals surface area contributed by atoms with E-state index >= 15 is 0 Å². The molecule has 0 aliphatic heterocycles. The van der Waals surface area contributed by atoms with E-state index in [0.717, 1.165) is 12.2 Å². The van der Waals surface area contributed by atoms with Crippen LogP contribution in [0.25, 0.3) is 6.08 Å². The largest absolute Gasteiger partial charge is 0.385 e. The molecule has 2 nitrogen and oxygen atoms in total. The summed E-state index contributed by atoms with van der Waals surface area (Å²) in [6, 6.07) is 8.65. The number of carbonyl (C=O) groups is 1. The number of methoxy groups -OCH3 is 1. The van der Waals surface area contributed by atoms with Crippen molar-refractivity contribution in [3.63, 3.8) is 0 Å². The molecule has 29 heavy (non-hydrogen) atoms. The third-order valence-electron chi connectivity index (χ3n) is 5.75. The van der Waals surface area contributed by atoms with Gasteiger partial charge in [-0.15, -0.1) is 0 Å². The highest BCUT2D eigenvalue weighted by Crippen LogP contribution is 2.23. The molecule has 0 amide bonds. The van der Waals surface area contributed by atoms with Crippen LogP contribution in [-0.4, -0.2) is 19.5 Å². The third kappa shape index (κ3) is 14.3. The summed E-state index contributed by atoms with van der Waals surface area (Å²) < 4.78 is 5.08. The van der Waals surface area contributed by atoms with Crippen LogP contribution < -0.4 is 0 Å². The number of hydrogen-bond donors (Lipinski definition) is 0. The average Bonchev–Trinajstić information content (AvgIpc) is 2.72. The molecule has 0 aromatic heterocycles. The first-order valence-electron chi connectivity index (χ1n) is 11.9. The predicted molar refractivity (Wildman–Crippen MR) is 126 cm³/mol. The maximum absolute atomic E-state index is 11.0. The Kier molecular flexibility index (Phi) is 15.4. The highest BCUT2D eigenvalue weighted by atomic mass is 16.5. The number of carbonyl (C=O) groups excluding carboxylic acids is 1. The van der Waals surface area contributed by atoms with Crippen molar-refractivity contribution in [1.29, 1.82) is 0 Å². The zero-order valence-corrected chi connectivity index (χ0v) is 19.3. The van der Waals surface area contributed by atoms with Gasteiger partial charge in [-0.3, -0.25) is 4.79 Å². The fourth-order valence-electron chi connectivity index (χ4n) is 3.78. The molecule has 0 fully saturated rings. The average molecular weight is 401 g/mol. The van der Waals surface area contributed by atoms with Crippen molar-refractivity contribution in [2.24, 2.45) is 0 Å². The fourth-order valence-corrected chi connectivity index (χ4v) is 3.78. The molecule has 164 valence electrons. The van der Waals surface area contributed by atoms with Crippen molar-refractivity contribution in [2.75, 3.05) is 13.7 Å². The maximum Gasteiger partial charge on any atom is 0.152 e. The highest BCUT2D eigenvalue weighted by molar-refractivity contribution is 5.91. The van der Waals surface area contributed by atoms with Crippen molar-refractivity contribution in [3.8, 4) is 0 Å². The van der Waals surface area contributed by atoms with Gasteiger partial charge in [0.05, 0.1) is 0 Å². The standard InChI is InChI=1S/C27H44O2/c1-24(27-21-19-26(20-22-27)18-17-25(2)28)16-14-12-10-8-6-4-5-7-9-11-13-15-23-29-3/h17-22,24H,4-16,23H2,1-3H3. The van der Waals surface area contributed by atoms with Gasteiger partial charge in [0.1, 0.15) is 0 Å². The van der Waals surface area contributed by atoms with Crippen molar-refractivity contribution in [1.82, 2.24) is 0 Å². The first-order chi connectivity index (χ1) is 14.1. The summed E-state index contributed by atoms with van der Waals surface area (Å²) >= 11 is 0. The maximum atomic E-state index is 11.0. The van der Waals surface area contributed by atoms with Crippen molar-refractivity contribution in [3.05, 3.63) is 41.5 Å². The molecule has 0 aliphatic carbocycles. The molecule has 1 aromatic carbocycles. The Morgan fingerprint density at radius 2 is 1.31 bits per heavy atom. The van der Waals surface area contributed by atoms with E-state index in [-0.39, 0.29) is 5.78 Å². The SMILES string of the molecule is COCCCCCCCCCCCCCCC(C)c1ccc(C=CC(C)=O)cc1. The lowest BCUT2D eigenvalue weighted by Crippen LogP contribution is -1.94. The highest BCUT2D eigenvalue weighted by Gasteiger charge is 2.05. The summed E-state index contributed by atoms with van der Waals surface area (Å²) in [7, 11) is 1.79. The third-order valence-corrected chi connectivity index (χ3v) is 5.75. The van der Waals surface area contributed by atoms with Crippen LogP contribution in [0.1, 0.15) is 114 Å². The minimum absolute atomic E-state index is 0.0937. The molecular weight excluding hydrogens is 356 g/mol. The smallest absolute Gasteiger partial charge is 0.152 e. The van der Waals surface area contributed by atoms with E-state index in [2.05, 4.69) is 31.2 Å². The Morgan fingerprint density at radius 3 is 1.79 bits per heavy atom. The minimum Gasteiger partial charge on any atom is -0.385 e. The molecule has 2 heteroatoms. The van der Waals surface area contributed by atoms with E-state index in [9.17, 15) is 4.79 Å². The van der Waals surface area contributed by atoms with Gasteiger partial charge in [0.15, 0.2) is 5.78 Å². The van der Waals surface area contributed by atoms with Crippen molar-refractivity contribution in [2.45, 2.75) is 103 Å². The van der Waals surface area contributed by atoms with Gasteiger partial charge in [-0.05, 0) is 42.9 Å². The number of benzene rings is 1. The van der Waals surface area contributed by atoms with Gasteiger partial charge in [0.2, 0.25) is 0 Å². The van der Waals surface area contributed by atoms with E-state index < -0.39 is 0 Å². The summed E-state index contributed by atoms with van der Waals surface area (Å²) in [6.45, 7) is 4.83. The summed E-state index contributed by atoms with van der Waals surface area (Å²) in [6.07, 6.45) is 21.2. The predicted octanol–water partition coefficient (Wildman–Crippen LogP) is 8.11. The van der Waals surface area contributed by atoms with Gasteiger partial charge in [0.25, 0.3) is 0 Å². The zero-order valence-electron chi connectivity index (χ0n) is 19.3. The van der Waals surface area contributed by atoms with Crippen LogP contribution in [0.2, 0.25) is 0 Å². The van der Waals surface area contributed by atoms with Gasteiger partial charge >= 0.3 is 0 Å². The van der Waals surface area contributed by atoms with E-state index in [1.54, 1.807) is 20.1 Å². The molecule has 0 spiro atoms. The molecule has 0 aliphatic rings. The second-order valence-electron chi connectivity index (χ2n) is 8.54. The summed E-state index contributed by atoms with van der Waals surface area (Å²) in [5.41, 5.74) is 2.51.